The van der Waals surface area contributed by atoms with Crippen LogP contribution in [0.2, 0.25) is 0 Å². The second-order valence-electron chi connectivity index (χ2n) is 8.58. The predicted molar refractivity (Wildman–Crippen MR) is 163 cm³/mol. The minimum atomic E-state index is 1.34. The Labute approximate surface area is 213 Å². The van der Waals surface area contributed by atoms with E-state index < -0.39 is 0 Å². The SMILES string of the molecule is CC.CC.c1cc2ccc3cccc4ccc(c1)c2c34.c1cc2ccc3cccc4ccc(c1)c2c34. The molecule has 8 rings (SSSR count). The topological polar surface area (TPSA) is 0 Å². The van der Waals surface area contributed by atoms with Gasteiger partial charge in [-0.3, -0.25) is 0 Å². The summed E-state index contributed by atoms with van der Waals surface area (Å²) >= 11 is 0. The second kappa shape index (κ2) is 10.2. The van der Waals surface area contributed by atoms with Gasteiger partial charge < -0.3 is 0 Å². The van der Waals surface area contributed by atoms with Crippen molar-refractivity contribution in [1.82, 2.24) is 0 Å². The molecule has 0 saturated heterocycles. The Morgan fingerprint density at radius 2 is 0.361 bits per heavy atom. The monoisotopic (exact) mass is 464 g/mol. The largest absolute Gasteiger partial charge is 0.0683 e. The van der Waals surface area contributed by atoms with E-state index in [0.717, 1.165) is 0 Å². The van der Waals surface area contributed by atoms with Crippen LogP contribution in [0.25, 0.3) is 64.6 Å². The molecule has 0 amide bonds. The molecule has 0 heterocycles. The molecule has 0 nitrogen and oxygen atoms in total. The van der Waals surface area contributed by atoms with Gasteiger partial charge in [-0.15, -0.1) is 0 Å². The molecule has 0 radical (unpaired) electrons. The van der Waals surface area contributed by atoms with Gasteiger partial charge in [0, 0.05) is 0 Å². The molecular formula is C36H32. The van der Waals surface area contributed by atoms with Gasteiger partial charge in [-0.2, -0.15) is 0 Å². The van der Waals surface area contributed by atoms with Gasteiger partial charge in [0.1, 0.15) is 0 Å². The lowest BCUT2D eigenvalue weighted by atomic mass is 9.95. The van der Waals surface area contributed by atoms with Crippen molar-refractivity contribution in [3.8, 4) is 0 Å². The summed E-state index contributed by atoms with van der Waals surface area (Å²) in [4.78, 5) is 0. The van der Waals surface area contributed by atoms with Gasteiger partial charge in [0.05, 0.1) is 0 Å². The summed E-state index contributed by atoms with van der Waals surface area (Å²) in [5.41, 5.74) is 0. The van der Waals surface area contributed by atoms with Gasteiger partial charge in [0.15, 0.2) is 0 Å². The molecule has 0 aromatic heterocycles. The maximum absolute atomic E-state index is 2.21. The molecule has 0 fully saturated rings. The molecule has 0 N–H and O–H groups in total. The van der Waals surface area contributed by atoms with Crippen LogP contribution in [0.15, 0.2) is 121 Å². The van der Waals surface area contributed by atoms with Gasteiger partial charge in [-0.05, 0) is 64.6 Å². The Morgan fingerprint density at radius 1 is 0.222 bits per heavy atom. The van der Waals surface area contributed by atoms with Crippen LogP contribution in [-0.2, 0) is 0 Å². The van der Waals surface area contributed by atoms with Crippen LogP contribution in [0.4, 0.5) is 0 Å². The quantitative estimate of drug-likeness (QED) is 0.196. The molecule has 0 spiro atoms. The lowest BCUT2D eigenvalue weighted by Gasteiger charge is -2.09. The maximum atomic E-state index is 2.21. The van der Waals surface area contributed by atoms with Crippen LogP contribution in [0.1, 0.15) is 27.7 Å². The van der Waals surface area contributed by atoms with E-state index in [1.807, 2.05) is 27.7 Å². The van der Waals surface area contributed by atoms with Crippen LogP contribution < -0.4 is 0 Å². The first-order valence-electron chi connectivity index (χ1n) is 13.1. The van der Waals surface area contributed by atoms with E-state index in [1.165, 1.54) is 64.6 Å². The van der Waals surface area contributed by atoms with Crippen LogP contribution in [0.5, 0.6) is 0 Å². The molecule has 8 aromatic rings. The fraction of sp³-hybridized carbons (Fsp3) is 0.111. The summed E-state index contributed by atoms with van der Waals surface area (Å²) in [5, 5.41) is 16.3. The Morgan fingerprint density at radius 3 is 0.500 bits per heavy atom. The van der Waals surface area contributed by atoms with E-state index in [9.17, 15) is 0 Å². The highest BCUT2D eigenvalue weighted by atomic mass is 14.1. The van der Waals surface area contributed by atoms with Gasteiger partial charge >= 0.3 is 0 Å². The summed E-state index contributed by atoms with van der Waals surface area (Å²) in [6, 6.07) is 43.7. The predicted octanol–water partition coefficient (Wildman–Crippen LogP) is 11.2. The van der Waals surface area contributed by atoms with Gasteiger partial charge in [-0.25, -0.2) is 0 Å². The third-order valence-corrected chi connectivity index (χ3v) is 6.79. The Balaban J connectivity index is 0.000000131. The average molecular weight is 465 g/mol. The fourth-order valence-corrected chi connectivity index (χ4v) is 5.34. The first kappa shape index (κ1) is 23.6. The van der Waals surface area contributed by atoms with E-state index in [2.05, 4.69) is 121 Å². The zero-order valence-electron chi connectivity index (χ0n) is 21.5. The van der Waals surface area contributed by atoms with Crippen molar-refractivity contribution in [1.29, 1.82) is 0 Å². The smallest absolute Gasteiger partial charge is 0.00268 e. The van der Waals surface area contributed by atoms with Crippen LogP contribution >= 0.6 is 0 Å². The first-order valence-corrected chi connectivity index (χ1v) is 13.1. The maximum Gasteiger partial charge on any atom is -0.00268 e. The summed E-state index contributed by atoms with van der Waals surface area (Å²) in [6.45, 7) is 8.00. The normalized spacial score (nSPS) is 10.8. The molecule has 176 valence electrons. The zero-order valence-corrected chi connectivity index (χ0v) is 21.5. The minimum absolute atomic E-state index is 1.34. The summed E-state index contributed by atoms with van der Waals surface area (Å²) in [6.07, 6.45) is 0. The van der Waals surface area contributed by atoms with Crippen molar-refractivity contribution in [2.75, 3.05) is 0 Å². The molecule has 0 atom stereocenters. The molecule has 8 aromatic carbocycles. The lowest BCUT2D eigenvalue weighted by Crippen LogP contribution is -1.82. The Kier molecular flexibility index (Phi) is 6.69. The van der Waals surface area contributed by atoms with Crippen LogP contribution in [0, 0.1) is 0 Å². The number of hydrogen-bond acceptors (Lipinski definition) is 0. The fourth-order valence-electron chi connectivity index (χ4n) is 5.34. The summed E-state index contributed by atoms with van der Waals surface area (Å²) in [5.74, 6) is 0. The molecule has 0 saturated carbocycles. The zero-order chi connectivity index (χ0) is 25.1. The molecule has 0 aliphatic heterocycles. The van der Waals surface area contributed by atoms with E-state index >= 15 is 0 Å². The second-order valence-corrected chi connectivity index (χ2v) is 8.58. The average Bonchev–Trinajstić information content (AvgIpc) is 2.97. The van der Waals surface area contributed by atoms with Crippen molar-refractivity contribution in [2.45, 2.75) is 27.7 Å². The van der Waals surface area contributed by atoms with E-state index in [1.54, 1.807) is 0 Å². The molecule has 0 heteroatoms. The van der Waals surface area contributed by atoms with E-state index in [0.29, 0.717) is 0 Å². The van der Waals surface area contributed by atoms with Crippen LogP contribution in [0.3, 0.4) is 0 Å². The van der Waals surface area contributed by atoms with Gasteiger partial charge in [-0.1, -0.05) is 149 Å². The number of benzene rings is 8. The standard InChI is InChI=1S/2C16H10.2C2H6/c2*1-3-11-7-9-13-5-2-6-14-10-8-12(4-1)15(11)16(13)14;2*1-2/h2*1-10H;2*1-2H3. The minimum Gasteiger partial charge on any atom is -0.0683 e. The van der Waals surface area contributed by atoms with Crippen molar-refractivity contribution in [2.24, 2.45) is 0 Å². The molecule has 0 aliphatic carbocycles. The molecule has 0 aliphatic rings. The van der Waals surface area contributed by atoms with Gasteiger partial charge in [0.25, 0.3) is 0 Å². The Bertz CT molecular complexity index is 1470. The Hall–Kier alpha value is -4.16. The molecule has 0 unspecified atom stereocenters. The third-order valence-electron chi connectivity index (χ3n) is 6.79. The van der Waals surface area contributed by atoms with Crippen molar-refractivity contribution in [3.05, 3.63) is 121 Å². The van der Waals surface area contributed by atoms with Crippen molar-refractivity contribution < 1.29 is 0 Å². The lowest BCUT2D eigenvalue weighted by molar-refractivity contribution is 1.50. The summed E-state index contributed by atoms with van der Waals surface area (Å²) in [7, 11) is 0. The highest BCUT2D eigenvalue weighted by molar-refractivity contribution is 6.23. The number of hydrogen-bond donors (Lipinski definition) is 0. The van der Waals surface area contributed by atoms with Crippen LogP contribution in [-0.4, -0.2) is 0 Å². The van der Waals surface area contributed by atoms with Crippen molar-refractivity contribution >= 4 is 64.6 Å². The third kappa shape index (κ3) is 3.89. The molecule has 36 heavy (non-hydrogen) atoms. The van der Waals surface area contributed by atoms with E-state index in [4.69, 9.17) is 0 Å². The highest BCUT2D eigenvalue weighted by Gasteiger charge is 2.07. The van der Waals surface area contributed by atoms with Gasteiger partial charge in [0.2, 0.25) is 0 Å². The highest BCUT2D eigenvalue weighted by Crippen LogP contribution is 2.35. The van der Waals surface area contributed by atoms with E-state index in [-0.39, 0.29) is 0 Å². The number of rotatable bonds is 0. The molecule has 0 bridgehead atoms. The molecular weight excluding hydrogens is 432 g/mol. The van der Waals surface area contributed by atoms with Crippen molar-refractivity contribution in [3.63, 3.8) is 0 Å². The first-order chi connectivity index (χ1) is 17.9. The summed E-state index contributed by atoms with van der Waals surface area (Å²) < 4.78 is 0.